The molecule has 1 aliphatic carbocycles. The lowest BCUT2D eigenvalue weighted by Gasteiger charge is -2.22. The molecule has 0 amide bonds. The highest BCUT2D eigenvalue weighted by atomic mass is 32.1. The van der Waals surface area contributed by atoms with Gasteiger partial charge in [0.1, 0.15) is 0 Å². The number of aryl methyl sites for hydroxylation is 14. The van der Waals surface area contributed by atoms with Crippen molar-refractivity contribution in [1.82, 2.24) is 0 Å². The smallest absolute Gasteiger partial charge is 0.0387 e. The van der Waals surface area contributed by atoms with Crippen LogP contribution in [0.1, 0.15) is 103 Å². The Morgan fingerprint density at radius 2 is 0.505 bits per heavy atom. The SMILES string of the molecule is Cc1ccc(C)c2c1sc1ccccc12.Cc1ccc2c(c1)C(C)(C)c1cc(C)ccc1-2.Cc1ccc2c(c1)sc1c(C)cccc12.Cc1ccc2c(c1)sc1cccc(C)c12.Cc1ccc2sc3c(C)cccc3c2c1.Cc1ccc2sc3cccc(C)c3c2c1.Cc1cccc2sc3cccc(C)c3c12. The summed E-state index contributed by atoms with van der Waals surface area (Å²) >= 11 is 11.4. The maximum absolute atomic E-state index is 2.34. The van der Waals surface area contributed by atoms with Gasteiger partial charge in [-0.25, -0.2) is 0 Å². The fourth-order valence-electron chi connectivity index (χ4n) is 15.6. The monoisotopic (exact) mass is 1490 g/mol. The van der Waals surface area contributed by atoms with Gasteiger partial charge >= 0.3 is 0 Å². The molecule has 0 bridgehead atoms. The number of hydrogen-bond acceptors (Lipinski definition) is 6. The first-order valence-corrected chi connectivity index (χ1v) is 42.0. The van der Waals surface area contributed by atoms with Crippen LogP contribution >= 0.6 is 68.0 Å². The van der Waals surface area contributed by atoms with Gasteiger partial charge in [-0.05, 0) is 242 Å². The van der Waals surface area contributed by atoms with E-state index >= 15 is 0 Å². The summed E-state index contributed by atoms with van der Waals surface area (Å²) in [5.74, 6) is 0. The Hall–Kier alpha value is -9.60. The van der Waals surface area contributed by atoms with Crippen LogP contribution in [0.25, 0.3) is 132 Å². The van der Waals surface area contributed by atoms with Gasteiger partial charge < -0.3 is 0 Å². The Kier molecular flexibility index (Phi) is 20.6. The first-order valence-electron chi connectivity index (χ1n) is 37.1. The molecule has 1 aliphatic rings. The summed E-state index contributed by atoms with van der Waals surface area (Å²) in [7, 11) is 0. The van der Waals surface area contributed by atoms with Crippen LogP contribution in [0.15, 0.2) is 255 Å². The van der Waals surface area contributed by atoms with Crippen LogP contribution in [0.3, 0.4) is 0 Å². The van der Waals surface area contributed by atoms with Crippen molar-refractivity contribution < 1.29 is 0 Å². The van der Waals surface area contributed by atoms with Gasteiger partial charge in [0.25, 0.3) is 0 Å². The van der Waals surface area contributed by atoms with Crippen LogP contribution in [0, 0.1) is 96.9 Å². The topological polar surface area (TPSA) is 0 Å². The Morgan fingerprint density at radius 3 is 1.07 bits per heavy atom. The molecule has 6 aromatic heterocycles. The van der Waals surface area contributed by atoms with E-state index in [-0.39, 0.29) is 5.41 Å². The van der Waals surface area contributed by atoms with Crippen molar-refractivity contribution in [2.45, 2.75) is 116 Å². The van der Waals surface area contributed by atoms with Gasteiger partial charge in [0.2, 0.25) is 0 Å². The van der Waals surface area contributed by atoms with Gasteiger partial charge in [-0.1, -0.05) is 224 Å². The summed E-state index contributed by atoms with van der Waals surface area (Å²) in [6, 6.07) is 92.9. The maximum Gasteiger partial charge on any atom is 0.0387 e. The molecule has 0 saturated heterocycles. The summed E-state index contributed by atoms with van der Waals surface area (Å²) in [4.78, 5) is 0. The van der Waals surface area contributed by atoms with Crippen LogP contribution in [0.2, 0.25) is 0 Å². The molecule has 0 spiro atoms. The summed E-state index contributed by atoms with van der Waals surface area (Å²) in [6.45, 7) is 35.1. The van der Waals surface area contributed by atoms with E-state index in [1.165, 1.54) is 221 Å². The minimum Gasteiger partial charge on any atom is -0.135 e. The van der Waals surface area contributed by atoms with Gasteiger partial charge in [-0.15, -0.1) is 68.0 Å². The van der Waals surface area contributed by atoms with Gasteiger partial charge in [0.05, 0.1) is 0 Å². The zero-order valence-electron chi connectivity index (χ0n) is 64.2. The lowest BCUT2D eigenvalue weighted by atomic mass is 9.81. The molecular formula is C101H90S6. The third-order valence-corrected chi connectivity index (χ3v) is 28.6. The van der Waals surface area contributed by atoms with Gasteiger partial charge in [-0.3, -0.25) is 0 Å². The molecule has 0 nitrogen and oxygen atoms in total. The van der Waals surface area contributed by atoms with Crippen molar-refractivity contribution in [1.29, 1.82) is 0 Å². The van der Waals surface area contributed by atoms with E-state index in [4.69, 9.17) is 0 Å². The molecule has 0 radical (unpaired) electrons. The molecule has 14 aromatic carbocycles. The fraction of sp³-hybridized carbons (Fsp3) is 0.168. The standard InChI is InChI=1S/C17H18.6C14H12S/c1-11-5-7-13-14-8-6-12(2)10-16(14)17(3,4)15(13)9-11;1-9-5-3-7-11-13(9)14-10(2)6-4-8-12(14)15-11;1-9-6-7-12-11(8-9)14-10(2)4-3-5-13(14)15-12;1-9-6-7-11-13(8-9)15-12-5-3-4-10(2)14(11)12;1-9-6-7-11-12-5-3-4-10(2)14(12)15-13(11)8-9;1-9-6-7-13-12(8-9)11-5-3-4-10(2)14(11)15-13;1-9-7-8-10(2)14-13(9)11-5-3-4-6-12(11)15-14/h5-10H,1-4H3;6*3-8H,1-2H3. The van der Waals surface area contributed by atoms with E-state index < -0.39 is 0 Å². The number of hydrogen-bond donors (Lipinski definition) is 0. The number of fused-ring (bicyclic) bond motifs is 21. The van der Waals surface area contributed by atoms with Crippen molar-refractivity contribution in [3.8, 4) is 11.1 Å². The minimum absolute atomic E-state index is 0.142. The van der Waals surface area contributed by atoms with Crippen LogP contribution in [-0.2, 0) is 5.41 Å². The first kappa shape index (κ1) is 72.9. The lowest BCUT2D eigenvalue weighted by molar-refractivity contribution is 0.659. The number of rotatable bonds is 0. The molecule has 0 unspecified atom stereocenters. The molecule has 6 heterocycles. The Labute approximate surface area is 654 Å². The minimum atomic E-state index is 0.142. The Bertz CT molecular complexity index is 6630. The summed E-state index contributed by atoms with van der Waals surface area (Å²) in [5, 5.41) is 17.0. The maximum atomic E-state index is 2.34. The predicted molar refractivity (Wildman–Crippen MR) is 486 cm³/mol. The number of benzene rings is 14. The van der Waals surface area contributed by atoms with Crippen LogP contribution in [0.4, 0.5) is 0 Å². The van der Waals surface area contributed by atoms with Crippen LogP contribution in [0.5, 0.6) is 0 Å². The second-order valence-corrected chi connectivity index (χ2v) is 36.3. The molecule has 0 N–H and O–H groups in total. The van der Waals surface area contributed by atoms with Gasteiger partial charge in [0.15, 0.2) is 0 Å². The lowest BCUT2D eigenvalue weighted by Crippen LogP contribution is -2.15. The molecule has 0 fully saturated rings. The van der Waals surface area contributed by atoms with E-state index in [2.05, 4.69) is 366 Å². The molecule has 21 rings (SSSR count). The summed E-state index contributed by atoms with van der Waals surface area (Å²) in [5.41, 5.74) is 25.0. The Balaban J connectivity index is 0.0000000998. The van der Waals surface area contributed by atoms with Gasteiger partial charge in [-0.2, -0.15) is 0 Å². The van der Waals surface area contributed by atoms with E-state index in [9.17, 15) is 0 Å². The van der Waals surface area contributed by atoms with E-state index in [1.54, 1.807) is 0 Å². The fourth-order valence-corrected chi connectivity index (χ4v) is 23.0. The third-order valence-electron chi connectivity index (χ3n) is 21.3. The van der Waals surface area contributed by atoms with E-state index in [1.807, 2.05) is 68.0 Å². The van der Waals surface area contributed by atoms with Crippen molar-refractivity contribution in [3.63, 3.8) is 0 Å². The third kappa shape index (κ3) is 14.4. The zero-order valence-corrected chi connectivity index (χ0v) is 69.1. The summed E-state index contributed by atoms with van der Waals surface area (Å²) in [6.07, 6.45) is 0. The van der Waals surface area contributed by atoms with E-state index in [0.717, 1.165) is 0 Å². The molecule has 107 heavy (non-hydrogen) atoms. The highest BCUT2D eigenvalue weighted by Crippen LogP contribution is 2.50. The number of thiophene rings is 6. The average Bonchev–Trinajstić information content (AvgIpc) is 1.58. The molecule has 0 aliphatic heterocycles. The van der Waals surface area contributed by atoms with Crippen molar-refractivity contribution >= 4 is 189 Å². The second kappa shape index (κ2) is 30.2. The van der Waals surface area contributed by atoms with Crippen LogP contribution in [-0.4, -0.2) is 0 Å². The largest absolute Gasteiger partial charge is 0.135 e. The second-order valence-electron chi connectivity index (χ2n) is 29.9. The highest BCUT2D eigenvalue weighted by Gasteiger charge is 2.35. The highest BCUT2D eigenvalue weighted by molar-refractivity contribution is 7.28. The van der Waals surface area contributed by atoms with Gasteiger partial charge in [0, 0.05) is 126 Å². The van der Waals surface area contributed by atoms with Crippen molar-refractivity contribution in [3.05, 3.63) is 344 Å². The quantitative estimate of drug-likeness (QED) is 0.142. The van der Waals surface area contributed by atoms with E-state index in [0.29, 0.717) is 0 Å². The Morgan fingerprint density at radius 1 is 0.187 bits per heavy atom. The molecule has 6 heteroatoms. The molecule has 530 valence electrons. The zero-order chi connectivity index (χ0) is 74.7. The molecule has 0 atom stereocenters. The predicted octanol–water partition coefficient (Wildman–Crippen LogP) is 32.6. The normalized spacial score (nSPS) is 12.0. The van der Waals surface area contributed by atoms with Crippen molar-refractivity contribution in [2.75, 3.05) is 0 Å². The molecular weight excluding hydrogens is 1410 g/mol. The first-order chi connectivity index (χ1) is 51.6. The molecule has 20 aromatic rings. The molecule has 0 saturated carbocycles. The summed E-state index contributed by atoms with van der Waals surface area (Å²) < 4.78 is 16.9. The average molecular weight is 1500 g/mol. The van der Waals surface area contributed by atoms with Crippen molar-refractivity contribution in [2.24, 2.45) is 0 Å². The van der Waals surface area contributed by atoms with Crippen LogP contribution < -0.4 is 0 Å².